The van der Waals surface area contributed by atoms with Crippen LogP contribution in [-0.4, -0.2) is 27.3 Å². The van der Waals surface area contributed by atoms with Gasteiger partial charge in [-0.15, -0.1) is 5.10 Å². The van der Waals surface area contributed by atoms with Crippen LogP contribution in [0, 0.1) is 0 Å². The van der Waals surface area contributed by atoms with E-state index in [0.29, 0.717) is 12.4 Å². The van der Waals surface area contributed by atoms with Crippen LogP contribution in [0.3, 0.4) is 0 Å². The van der Waals surface area contributed by atoms with Crippen molar-refractivity contribution in [1.29, 1.82) is 0 Å². The number of esters is 1. The van der Waals surface area contributed by atoms with Gasteiger partial charge in [-0.2, -0.15) is 0 Å². The molecule has 0 amide bonds. The highest BCUT2D eigenvalue weighted by Crippen LogP contribution is 2.29. The van der Waals surface area contributed by atoms with E-state index in [1.54, 1.807) is 18.7 Å². The fourth-order valence-electron chi connectivity index (χ4n) is 1.57. The average molecular weight is 389 g/mol. The summed E-state index contributed by atoms with van der Waals surface area (Å²) >= 11 is 6.87. The van der Waals surface area contributed by atoms with Gasteiger partial charge in [0.15, 0.2) is 5.82 Å². The van der Waals surface area contributed by atoms with Gasteiger partial charge in [0.05, 0.1) is 6.61 Å². The summed E-state index contributed by atoms with van der Waals surface area (Å²) in [6.07, 6.45) is 0. The lowest BCUT2D eigenvalue weighted by atomic mass is 10.2. The molecule has 0 radical (unpaired) electrons. The Kier molecular flexibility index (Phi) is 4.36. The molecule has 2 aromatic rings. The predicted octanol–water partition coefficient (Wildman–Crippen LogP) is 3.18. The summed E-state index contributed by atoms with van der Waals surface area (Å²) in [5, 5.41) is 4.07. The van der Waals surface area contributed by atoms with E-state index in [1.807, 2.05) is 18.2 Å². The number of carbonyl (C=O) groups excluding carboxylic acids is 1. The Morgan fingerprint density at radius 3 is 2.84 bits per heavy atom. The van der Waals surface area contributed by atoms with E-state index in [4.69, 9.17) is 4.74 Å². The highest BCUT2D eigenvalue weighted by atomic mass is 79.9. The Labute approximate surface area is 127 Å². The lowest BCUT2D eigenvalue weighted by molar-refractivity contribution is 0.0512. The van der Waals surface area contributed by atoms with Gasteiger partial charge in [-0.1, -0.05) is 31.9 Å². The SMILES string of the molecule is CCOC(=O)c1nc(-c2cc(Br)ccc2Br)n(C)n1. The summed E-state index contributed by atoms with van der Waals surface area (Å²) in [6, 6.07) is 5.72. The number of aromatic nitrogens is 3. The number of nitrogens with zero attached hydrogens (tertiary/aromatic N) is 3. The van der Waals surface area contributed by atoms with Gasteiger partial charge < -0.3 is 4.74 Å². The summed E-state index contributed by atoms with van der Waals surface area (Å²) < 4.78 is 8.24. The standard InChI is InChI=1S/C12H11Br2N3O2/c1-3-19-12(18)10-15-11(17(2)16-10)8-6-7(13)4-5-9(8)14/h4-6H,3H2,1-2H3. The van der Waals surface area contributed by atoms with Crippen LogP contribution in [0.25, 0.3) is 11.4 Å². The third kappa shape index (κ3) is 3.03. The van der Waals surface area contributed by atoms with Gasteiger partial charge in [-0.3, -0.25) is 0 Å². The molecule has 0 aliphatic carbocycles. The van der Waals surface area contributed by atoms with Crippen molar-refractivity contribution in [3.05, 3.63) is 33.0 Å². The van der Waals surface area contributed by atoms with Gasteiger partial charge in [0, 0.05) is 21.6 Å². The van der Waals surface area contributed by atoms with Gasteiger partial charge in [0.25, 0.3) is 5.82 Å². The summed E-state index contributed by atoms with van der Waals surface area (Å²) in [7, 11) is 1.73. The Morgan fingerprint density at radius 2 is 2.16 bits per heavy atom. The summed E-state index contributed by atoms with van der Waals surface area (Å²) in [6.45, 7) is 2.04. The molecule has 0 unspecified atom stereocenters. The average Bonchev–Trinajstić information content (AvgIpc) is 2.75. The topological polar surface area (TPSA) is 57.0 Å². The molecule has 0 bridgehead atoms. The van der Waals surface area contributed by atoms with E-state index in [2.05, 4.69) is 41.9 Å². The van der Waals surface area contributed by atoms with E-state index < -0.39 is 5.97 Å². The molecule has 0 aliphatic heterocycles. The third-order valence-corrected chi connectivity index (χ3v) is 3.58. The molecule has 1 heterocycles. The van der Waals surface area contributed by atoms with Crippen molar-refractivity contribution in [3.63, 3.8) is 0 Å². The first kappa shape index (κ1) is 14.2. The van der Waals surface area contributed by atoms with Gasteiger partial charge >= 0.3 is 5.97 Å². The summed E-state index contributed by atoms with van der Waals surface area (Å²) in [5.74, 6) is 0.137. The number of carbonyl (C=O) groups is 1. The number of benzene rings is 1. The predicted molar refractivity (Wildman–Crippen MR) is 77.8 cm³/mol. The van der Waals surface area contributed by atoms with Crippen molar-refractivity contribution in [1.82, 2.24) is 14.8 Å². The van der Waals surface area contributed by atoms with Gasteiger partial charge in [0.1, 0.15) is 0 Å². The van der Waals surface area contributed by atoms with Crippen molar-refractivity contribution in [2.24, 2.45) is 7.05 Å². The number of rotatable bonds is 3. The number of hydrogen-bond donors (Lipinski definition) is 0. The fraction of sp³-hybridized carbons (Fsp3) is 0.250. The first-order valence-electron chi connectivity index (χ1n) is 5.56. The molecule has 0 saturated carbocycles. The lowest BCUT2D eigenvalue weighted by Crippen LogP contribution is -2.07. The van der Waals surface area contributed by atoms with E-state index >= 15 is 0 Å². The van der Waals surface area contributed by atoms with Crippen LogP contribution in [0.5, 0.6) is 0 Å². The molecule has 1 aromatic heterocycles. The summed E-state index contributed by atoms with van der Waals surface area (Å²) in [5.41, 5.74) is 0.847. The molecule has 0 spiro atoms. The van der Waals surface area contributed by atoms with Crippen LogP contribution in [0.2, 0.25) is 0 Å². The molecular formula is C12H11Br2N3O2. The van der Waals surface area contributed by atoms with E-state index in [9.17, 15) is 4.79 Å². The minimum atomic E-state index is -0.518. The van der Waals surface area contributed by atoms with Crippen LogP contribution in [0.1, 0.15) is 17.5 Å². The second-order valence-corrected chi connectivity index (χ2v) is 5.50. The maximum atomic E-state index is 11.6. The molecule has 5 nitrogen and oxygen atoms in total. The van der Waals surface area contributed by atoms with Crippen LogP contribution in [-0.2, 0) is 11.8 Å². The Hall–Kier alpha value is -1.21. The van der Waals surface area contributed by atoms with Crippen LogP contribution < -0.4 is 0 Å². The van der Waals surface area contributed by atoms with Crippen molar-refractivity contribution in [2.75, 3.05) is 6.61 Å². The number of aryl methyl sites for hydroxylation is 1. The number of halogens is 2. The first-order valence-corrected chi connectivity index (χ1v) is 7.15. The number of hydrogen-bond acceptors (Lipinski definition) is 4. The Balaban J connectivity index is 2.46. The molecule has 7 heteroatoms. The first-order chi connectivity index (χ1) is 9.02. The van der Waals surface area contributed by atoms with Gasteiger partial charge in [0.2, 0.25) is 0 Å². The zero-order valence-corrected chi connectivity index (χ0v) is 13.5. The van der Waals surface area contributed by atoms with Crippen molar-refractivity contribution in [3.8, 4) is 11.4 Å². The summed E-state index contributed by atoms with van der Waals surface area (Å²) in [4.78, 5) is 15.8. The smallest absolute Gasteiger partial charge is 0.378 e. The second kappa shape index (κ2) is 5.83. The van der Waals surface area contributed by atoms with E-state index in [0.717, 1.165) is 14.5 Å². The third-order valence-electron chi connectivity index (χ3n) is 2.39. The minimum Gasteiger partial charge on any atom is -0.460 e. The molecule has 0 atom stereocenters. The van der Waals surface area contributed by atoms with Crippen LogP contribution in [0.4, 0.5) is 0 Å². The van der Waals surface area contributed by atoms with Crippen molar-refractivity contribution < 1.29 is 9.53 Å². The van der Waals surface area contributed by atoms with Crippen molar-refractivity contribution in [2.45, 2.75) is 6.92 Å². The molecule has 2 rings (SSSR count). The fourth-order valence-corrected chi connectivity index (χ4v) is 2.36. The van der Waals surface area contributed by atoms with Crippen molar-refractivity contribution >= 4 is 37.8 Å². The van der Waals surface area contributed by atoms with Gasteiger partial charge in [-0.05, 0) is 25.1 Å². The van der Waals surface area contributed by atoms with Crippen LogP contribution >= 0.6 is 31.9 Å². The maximum Gasteiger partial charge on any atom is 0.378 e. The van der Waals surface area contributed by atoms with E-state index in [-0.39, 0.29) is 5.82 Å². The highest BCUT2D eigenvalue weighted by molar-refractivity contribution is 9.11. The molecule has 0 saturated heterocycles. The zero-order valence-electron chi connectivity index (χ0n) is 10.4. The molecule has 100 valence electrons. The maximum absolute atomic E-state index is 11.6. The molecule has 1 aromatic carbocycles. The minimum absolute atomic E-state index is 0.0613. The largest absolute Gasteiger partial charge is 0.460 e. The van der Waals surface area contributed by atoms with Crippen LogP contribution in [0.15, 0.2) is 27.1 Å². The Morgan fingerprint density at radius 1 is 1.42 bits per heavy atom. The second-order valence-electron chi connectivity index (χ2n) is 3.73. The van der Waals surface area contributed by atoms with Gasteiger partial charge in [-0.25, -0.2) is 14.5 Å². The molecular weight excluding hydrogens is 378 g/mol. The monoisotopic (exact) mass is 387 g/mol. The molecule has 0 N–H and O–H groups in total. The molecule has 19 heavy (non-hydrogen) atoms. The number of ether oxygens (including phenoxy) is 1. The lowest BCUT2D eigenvalue weighted by Gasteiger charge is -2.03. The molecule has 0 aliphatic rings. The van der Waals surface area contributed by atoms with E-state index in [1.165, 1.54) is 0 Å². The Bertz CT molecular complexity index is 625. The molecule has 0 fully saturated rings. The zero-order chi connectivity index (χ0) is 14.0. The highest BCUT2D eigenvalue weighted by Gasteiger charge is 2.18. The normalized spacial score (nSPS) is 10.5. The quantitative estimate of drug-likeness (QED) is 0.757.